The molecule has 0 saturated carbocycles. The lowest BCUT2D eigenvalue weighted by Crippen LogP contribution is -2.30. The molecule has 1 amide bonds. The van der Waals surface area contributed by atoms with Crippen molar-refractivity contribution in [2.45, 2.75) is 45.6 Å². The smallest absolute Gasteiger partial charge is 0.308 e. The van der Waals surface area contributed by atoms with Crippen molar-refractivity contribution in [3.8, 4) is 5.75 Å². The van der Waals surface area contributed by atoms with E-state index in [1.54, 1.807) is 26.2 Å². The van der Waals surface area contributed by atoms with Crippen LogP contribution >= 0.6 is 0 Å². The summed E-state index contributed by atoms with van der Waals surface area (Å²) >= 11 is 0. The Labute approximate surface area is 167 Å². The van der Waals surface area contributed by atoms with Gasteiger partial charge in [0.05, 0.1) is 26.2 Å². The number of carbonyl (C=O) groups is 2. The van der Waals surface area contributed by atoms with E-state index in [0.29, 0.717) is 17.9 Å². The Morgan fingerprint density at radius 1 is 1.00 bits per heavy atom. The molecule has 0 aliphatic carbocycles. The average Bonchev–Trinajstić information content (AvgIpc) is 2.67. The molecule has 0 spiro atoms. The molecule has 1 N–H and O–H groups in total. The van der Waals surface area contributed by atoms with E-state index in [1.165, 1.54) is 0 Å². The van der Waals surface area contributed by atoms with Crippen LogP contribution in [0.4, 0.5) is 0 Å². The minimum Gasteiger partial charge on any atom is -0.497 e. The van der Waals surface area contributed by atoms with Gasteiger partial charge in [0, 0.05) is 5.56 Å². The van der Waals surface area contributed by atoms with Crippen LogP contribution in [0.5, 0.6) is 5.75 Å². The second kappa shape index (κ2) is 9.40. The molecule has 0 aliphatic heterocycles. The Hall–Kier alpha value is -2.82. The van der Waals surface area contributed by atoms with Crippen LogP contribution in [-0.4, -0.2) is 25.6 Å². The van der Waals surface area contributed by atoms with Gasteiger partial charge in [0.15, 0.2) is 0 Å². The molecule has 2 aromatic rings. The van der Waals surface area contributed by atoms with Crippen LogP contribution in [0.1, 0.15) is 61.6 Å². The molecule has 0 bridgehead atoms. The maximum absolute atomic E-state index is 12.8. The Morgan fingerprint density at radius 2 is 1.61 bits per heavy atom. The summed E-state index contributed by atoms with van der Waals surface area (Å²) in [5.74, 6) is 0.125. The van der Waals surface area contributed by atoms with E-state index in [0.717, 1.165) is 11.1 Å². The number of amides is 1. The van der Waals surface area contributed by atoms with E-state index in [9.17, 15) is 9.59 Å². The zero-order valence-corrected chi connectivity index (χ0v) is 17.2. The first-order valence-electron chi connectivity index (χ1n) is 9.45. The standard InChI is InChI=1S/C23H29NO4/c1-6-28-21(25)15-20(16-9-13-19(27-5)14-10-16)24-22(26)17-7-11-18(12-8-17)23(2,3)4/h7-14,20H,6,15H2,1-5H3,(H,24,26)/t20-/m1/s1. The van der Waals surface area contributed by atoms with Gasteiger partial charge >= 0.3 is 5.97 Å². The minimum atomic E-state index is -0.486. The van der Waals surface area contributed by atoms with Crippen molar-refractivity contribution >= 4 is 11.9 Å². The molecule has 0 unspecified atom stereocenters. The van der Waals surface area contributed by atoms with Gasteiger partial charge in [-0.25, -0.2) is 0 Å². The lowest BCUT2D eigenvalue weighted by molar-refractivity contribution is -0.143. The number of methoxy groups -OCH3 is 1. The fourth-order valence-corrected chi connectivity index (χ4v) is 2.84. The minimum absolute atomic E-state index is 0.0184. The average molecular weight is 383 g/mol. The highest BCUT2D eigenvalue weighted by Gasteiger charge is 2.21. The molecule has 0 fully saturated rings. The van der Waals surface area contributed by atoms with Gasteiger partial charge in [-0.15, -0.1) is 0 Å². The largest absolute Gasteiger partial charge is 0.497 e. The fourth-order valence-electron chi connectivity index (χ4n) is 2.84. The van der Waals surface area contributed by atoms with Crippen molar-refractivity contribution in [1.29, 1.82) is 0 Å². The van der Waals surface area contributed by atoms with Crippen LogP contribution in [0.25, 0.3) is 0 Å². The summed E-state index contributed by atoms with van der Waals surface area (Å²) in [6.45, 7) is 8.44. The van der Waals surface area contributed by atoms with E-state index in [-0.39, 0.29) is 23.7 Å². The van der Waals surface area contributed by atoms with Crippen molar-refractivity contribution in [1.82, 2.24) is 5.32 Å². The zero-order chi connectivity index (χ0) is 20.7. The number of nitrogens with one attached hydrogen (secondary N) is 1. The number of carbonyl (C=O) groups excluding carboxylic acids is 2. The second-order valence-electron chi connectivity index (χ2n) is 7.64. The van der Waals surface area contributed by atoms with Crippen LogP contribution in [-0.2, 0) is 14.9 Å². The SMILES string of the molecule is CCOC(=O)C[C@@H](NC(=O)c1ccc(C(C)(C)C)cc1)c1ccc(OC)cc1. The highest BCUT2D eigenvalue weighted by Crippen LogP contribution is 2.24. The van der Waals surface area contributed by atoms with Crippen LogP contribution < -0.4 is 10.1 Å². The van der Waals surface area contributed by atoms with Crippen LogP contribution in [0.3, 0.4) is 0 Å². The van der Waals surface area contributed by atoms with E-state index in [2.05, 4.69) is 26.1 Å². The molecule has 2 rings (SSSR count). The molecule has 5 heteroatoms. The monoisotopic (exact) mass is 383 g/mol. The topological polar surface area (TPSA) is 64.6 Å². The molecule has 5 nitrogen and oxygen atoms in total. The third kappa shape index (κ3) is 5.84. The number of hydrogen-bond acceptors (Lipinski definition) is 4. The van der Waals surface area contributed by atoms with Gasteiger partial charge in [0.1, 0.15) is 5.75 Å². The third-order valence-corrected chi connectivity index (χ3v) is 4.51. The summed E-state index contributed by atoms with van der Waals surface area (Å²) in [6.07, 6.45) is 0.0615. The molecule has 1 atom stereocenters. The predicted octanol–water partition coefficient (Wildman–Crippen LogP) is 4.42. The highest BCUT2D eigenvalue weighted by molar-refractivity contribution is 5.94. The molecule has 150 valence electrons. The molecular formula is C23H29NO4. The van der Waals surface area contributed by atoms with Gasteiger partial charge in [0.2, 0.25) is 0 Å². The van der Waals surface area contributed by atoms with Crippen molar-refractivity contribution in [3.05, 3.63) is 65.2 Å². The normalized spacial score (nSPS) is 12.2. The van der Waals surface area contributed by atoms with Crippen LogP contribution in [0.2, 0.25) is 0 Å². The van der Waals surface area contributed by atoms with Crippen molar-refractivity contribution in [2.24, 2.45) is 0 Å². The van der Waals surface area contributed by atoms with E-state index >= 15 is 0 Å². The number of benzene rings is 2. The Bertz CT molecular complexity index is 789. The van der Waals surface area contributed by atoms with Gasteiger partial charge in [0.25, 0.3) is 5.91 Å². The Balaban J connectivity index is 2.20. The van der Waals surface area contributed by atoms with Gasteiger partial charge in [-0.05, 0) is 47.7 Å². The van der Waals surface area contributed by atoms with E-state index in [4.69, 9.17) is 9.47 Å². The molecule has 0 aromatic heterocycles. The first-order valence-corrected chi connectivity index (χ1v) is 9.45. The maximum Gasteiger partial charge on any atom is 0.308 e. The first kappa shape index (κ1) is 21.5. The maximum atomic E-state index is 12.8. The number of ether oxygens (including phenoxy) is 2. The molecule has 28 heavy (non-hydrogen) atoms. The summed E-state index contributed by atoms with van der Waals surface area (Å²) in [6, 6.07) is 14.3. The van der Waals surface area contributed by atoms with Crippen molar-refractivity contribution < 1.29 is 19.1 Å². The molecule has 0 radical (unpaired) electrons. The van der Waals surface area contributed by atoms with Crippen molar-refractivity contribution in [3.63, 3.8) is 0 Å². The van der Waals surface area contributed by atoms with Gasteiger partial charge in [-0.2, -0.15) is 0 Å². The molecular weight excluding hydrogens is 354 g/mol. The zero-order valence-electron chi connectivity index (χ0n) is 17.2. The number of rotatable bonds is 7. The van der Waals surface area contributed by atoms with Crippen LogP contribution in [0, 0.1) is 0 Å². The predicted molar refractivity (Wildman–Crippen MR) is 110 cm³/mol. The lowest BCUT2D eigenvalue weighted by Gasteiger charge is -2.21. The summed E-state index contributed by atoms with van der Waals surface area (Å²) < 4.78 is 10.2. The van der Waals surface area contributed by atoms with Crippen molar-refractivity contribution in [2.75, 3.05) is 13.7 Å². The Morgan fingerprint density at radius 3 is 2.11 bits per heavy atom. The van der Waals surface area contributed by atoms with Crippen LogP contribution in [0.15, 0.2) is 48.5 Å². The molecule has 0 heterocycles. The Kier molecular flexibility index (Phi) is 7.21. The van der Waals surface area contributed by atoms with E-state index < -0.39 is 6.04 Å². The van der Waals surface area contributed by atoms with E-state index in [1.807, 2.05) is 36.4 Å². The molecule has 2 aromatic carbocycles. The number of hydrogen-bond donors (Lipinski definition) is 1. The first-order chi connectivity index (χ1) is 13.2. The summed E-state index contributed by atoms with van der Waals surface area (Å²) in [7, 11) is 1.59. The van der Waals surface area contributed by atoms with Gasteiger partial charge in [-0.3, -0.25) is 9.59 Å². The van der Waals surface area contributed by atoms with Gasteiger partial charge in [-0.1, -0.05) is 45.0 Å². The summed E-state index contributed by atoms with van der Waals surface area (Å²) in [5, 5.41) is 2.95. The summed E-state index contributed by atoms with van der Waals surface area (Å²) in [5.41, 5.74) is 2.54. The van der Waals surface area contributed by atoms with Gasteiger partial charge < -0.3 is 14.8 Å². The third-order valence-electron chi connectivity index (χ3n) is 4.51. The molecule has 0 saturated heterocycles. The fraction of sp³-hybridized carbons (Fsp3) is 0.391. The quantitative estimate of drug-likeness (QED) is 0.719. The molecule has 0 aliphatic rings. The summed E-state index contributed by atoms with van der Waals surface area (Å²) in [4.78, 5) is 24.8. The second-order valence-corrected chi connectivity index (χ2v) is 7.64. The number of esters is 1. The lowest BCUT2D eigenvalue weighted by atomic mass is 9.86. The highest BCUT2D eigenvalue weighted by atomic mass is 16.5.